The van der Waals surface area contributed by atoms with Crippen molar-refractivity contribution in [3.63, 3.8) is 0 Å². The Kier molecular flexibility index (Phi) is 4.91. The van der Waals surface area contributed by atoms with Crippen molar-refractivity contribution in [1.82, 2.24) is 5.32 Å². The smallest absolute Gasteiger partial charge is 0.105 e. The van der Waals surface area contributed by atoms with E-state index in [0.717, 1.165) is 12.3 Å². The van der Waals surface area contributed by atoms with Gasteiger partial charge in [0.15, 0.2) is 0 Å². The summed E-state index contributed by atoms with van der Waals surface area (Å²) < 4.78 is 1.28. The van der Waals surface area contributed by atoms with Crippen molar-refractivity contribution < 1.29 is 0 Å². The maximum Gasteiger partial charge on any atom is 0.105 e. The molecule has 0 saturated heterocycles. The van der Waals surface area contributed by atoms with Gasteiger partial charge in [0.2, 0.25) is 0 Å². The number of rotatable bonds is 5. The zero-order chi connectivity index (χ0) is 9.52. The molecule has 1 aromatic rings. The molecule has 2 nitrogen and oxygen atoms in total. The van der Waals surface area contributed by atoms with Crippen LogP contribution in [0.1, 0.15) is 6.92 Å². The first-order chi connectivity index (χ1) is 6.36. The fourth-order valence-electron chi connectivity index (χ4n) is 0.899. The highest BCUT2D eigenvalue weighted by Gasteiger charge is 2.05. The molecule has 13 heavy (non-hydrogen) atoms. The van der Waals surface area contributed by atoms with E-state index < -0.39 is 0 Å². The number of nitrogens with zero attached hydrogens (tertiary/aromatic N) is 1. The van der Waals surface area contributed by atoms with Crippen LogP contribution in [-0.4, -0.2) is 18.3 Å². The lowest BCUT2D eigenvalue weighted by Crippen LogP contribution is -2.29. The Morgan fingerprint density at radius 3 is 3.15 bits per heavy atom. The summed E-state index contributed by atoms with van der Waals surface area (Å²) >= 11 is 3.45. The van der Waals surface area contributed by atoms with Crippen LogP contribution in [0, 0.1) is 11.3 Å². The van der Waals surface area contributed by atoms with Crippen LogP contribution in [0.15, 0.2) is 21.7 Å². The summed E-state index contributed by atoms with van der Waals surface area (Å²) in [4.78, 5) is 0. The molecule has 0 saturated carbocycles. The van der Waals surface area contributed by atoms with Crippen LogP contribution in [0.4, 0.5) is 0 Å². The summed E-state index contributed by atoms with van der Waals surface area (Å²) in [6.45, 7) is 2.86. The molecule has 0 aliphatic carbocycles. The number of hydrogen-bond acceptors (Lipinski definition) is 4. The highest BCUT2D eigenvalue weighted by molar-refractivity contribution is 8.01. The van der Waals surface area contributed by atoms with Crippen LogP contribution < -0.4 is 5.32 Å². The minimum absolute atomic E-state index is 0.0305. The zero-order valence-corrected chi connectivity index (χ0v) is 9.12. The topological polar surface area (TPSA) is 35.8 Å². The number of thioether (sulfide) groups is 1. The Labute approximate surface area is 87.0 Å². The van der Waals surface area contributed by atoms with Gasteiger partial charge in [-0.1, -0.05) is 13.0 Å². The Balaban J connectivity index is 2.29. The van der Waals surface area contributed by atoms with E-state index in [1.165, 1.54) is 4.21 Å². The molecule has 1 heterocycles. The van der Waals surface area contributed by atoms with Gasteiger partial charge in [-0.25, -0.2) is 0 Å². The fourth-order valence-corrected chi connectivity index (χ4v) is 2.69. The van der Waals surface area contributed by atoms with Crippen LogP contribution in [0.2, 0.25) is 0 Å². The van der Waals surface area contributed by atoms with Gasteiger partial charge in [-0.05, 0) is 18.0 Å². The molecule has 0 amide bonds. The molecule has 1 unspecified atom stereocenters. The SMILES string of the molecule is CCNC(C#N)CSc1cccs1. The third-order valence-electron chi connectivity index (χ3n) is 1.49. The first kappa shape index (κ1) is 10.6. The van der Waals surface area contributed by atoms with E-state index in [4.69, 9.17) is 5.26 Å². The van der Waals surface area contributed by atoms with Gasteiger partial charge in [-0.15, -0.1) is 23.1 Å². The molecule has 0 bridgehead atoms. The van der Waals surface area contributed by atoms with Gasteiger partial charge >= 0.3 is 0 Å². The maximum absolute atomic E-state index is 8.76. The summed E-state index contributed by atoms with van der Waals surface area (Å²) in [6, 6.07) is 6.32. The summed E-state index contributed by atoms with van der Waals surface area (Å²) in [7, 11) is 0. The maximum atomic E-state index is 8.76. The van der Waals surface area contributed by atoms with Gasteiger partial charge in [-0.3, -0.25) is 0 Å². The lowest BCUT2D eigenvalue weighted by atomic mass is 10.4. The van der Waals surface area contributed by atoms with Crippen molar-refractivity contribution in [1.29, 1.82) is 5.26 Å². The summed E-state index contributed by atoms with van der Waals surface area (Å²) in [5.74, 6) is 0.824. The minimum Gasteiger partial charge on any atom is -0.302 e. The average molecular weight is 212 g/mol. The molecule has 0 aromatic carbocycles. The second-order valence-electron chi connectivity index (χ2n) is 2.48. The number of nitriles is 1. The standard InChI is InChI=1S/C9H12N2S2/c1-2-11-8(6-10)7-13-9-4-3-5-12-9/h3-5,8,11H,2,7H2,1H3. The van der Waals surface area contributed by atoms with E-state index in [9.17, 15) is 0 Å². The Bertz CT molecular complexity index is 264. The van der Waals surface area contributed by atoms with Crippen LogP contribution in [0.3, 0.4) is 0 Å². The molecular weight excluding hydrogens is 200 g/mol. The second kappa shape index (κ2) is 6.03. The number of nitrogens with one attached hydrogen (secondary N) is 1. The molecule has 1 N–H and O–H groups in total. The largest absolute Gasteiger partial charge is 0.302 e. The number of thiophene rings is 1. The van der Waals surface area contributed by atoms with Crippen molar-refractivity contribution in [3.05, 3.63) is 17.5 Å². The van der Waals surface area contributed by atoms with Gasteiger partial charge in [0.1, 0.15) is 6.04 Å². The van der Waals surface area contributed by atoms with Crippen LogP contribution in [0.5, 0.6) is 0 Å². The lowest BCUT2D eigenvalue weighted by Gasteiger charge is -2.07. The molecule has 4 heteroatoms. The molecule has 1 aromatic heterocycles. The Morgan fingerprint density at radius 2 is 2.62 bits per heavy atom. The van der Waals surface area contributed by atoms with Gasteiger partial charge in [-0.2, -0.15) is 5.26 Å². The van der Waals surface area contributed by atoms with E-state index in [0.29, 0.717) is 0 Å². The van der Waals surface area contributed by atoms with Gasteiger partial charge in [0, 0.05) is 5.75 Å². The van der Waals surface area contributed by atoms with Gasteiger partial charge in [0.05, 0.1) is 10.3 Å². The lowest BCUT2D eigenvalue weighted by molar-refractivity contribution is 0.678. The second-order valence-corrected chi connectivity index (χ2v) is 4.75. The van der Waals surface area contributed by atoms with Crippen molar-refractivity contribution >= 4 is 23.1 Å². The molecule has 0 aliphatic heterocycles. The molecule has 1 atom stereocenters. The van der Waals surface area contributed by atoms with Crippen LogP contribution in [-0.2, 0) is 0 Å². The quantitative estimate of drug-likeness (QED) is 0.761. The average Bonchev–Trinajstić information content (AvgIpc) is 2.64. The van der Waals surface area contributed by atoms with Crippen molar-refractivity contribution in [3.8, 4) is 6.07 Å². The van der Waals surface area contributed by atoms with E-state index in [-0.39, 0.29) is 6.04 Å². The van der Waals surface area contributed by atoms with E-state index in [2.05, 4.69) is 22.8 Å². The van der Waals surface area contributed by atoms with E-state index >= 15 is 0 Å². The highest BCUT2D eigenvalue weighted by atomic mass is 32.2. The normalized spacial score (nSPS) is 12.3. The Morgan fingerprint density at radius 1 is 1.77 bits per heavy atom. The number of hydrogen-bond donors (Lipinski definition) is 1. The predicted molar refractivity (Wildman–Crippen MR) is 58.1 cm³/mol. The van der Waals surface area contributed by atoms with E-state index in [1.807, 2.05) is 13.0 Å². The third-order valence-corrected chi connectivity index (χ3v) is 3.72. The van der Waals surface area contributed by atoms with Gasteiger partial charge in [0.25, 0.3) is 0 Å². The fraction of sp³-hybridized carbons (Fsp3) is 0.444. The Hall–Kier alpha value is -0.500. The van der Waals surface area contributed by atoms with Crippen molar-refractivity contribution in [2.45, 2.75) is 17.2 Å². The summed E-state index contributed by atoms with van der Waals surface area (Å²) in [5.41, 5.74) is 0. The monoisotopic (exact) mass is 212 g/mol. The van der Waals surface area contributed by atoms with Crippen LogP contribution in [0.25, 0.3) is 0 Å². The molecule has 0 fully saturated rings. The van der Waals surface area contributed by atoms with Crippen LogP contribution >= 0.6 is 23.1 Å². The van der Waals surface area contributed by atoms with Gasteiger partial charge < -0.3 is 5.32 Å². The molecule has 70 valence electrons. The molecular formula is C9H12N2S2. The third kappa shape index (κ3) is 3.81. The zero-order valence-electron chi connectivity index (χ0n) is 7.49. The molecule has 1 rings (SSSR count). The predicted octanol–water partition coefficient (Wildman–Crippen LogP) is 2.34. The summed E-state index contributed by atoms with van der Waals surface area (Å²) in [6.07, 6.45) is 0. The first-order valence-electron chi connectivity index (χ1n) is 4.16. The molecule has 0 radical (unpaired) electrons. The minimum atomic E-state index is -0.0305. The summed E-state index contributed by atoms with van der Waals surface area (Å²) in [5, 5.41) is 13.9. The van der Waals surface area contributed by atoms with Crippen molar-refractivity contribution in [2.24, 2.45) is 0 Å². The first-order valence-corrected chi connectivity index (χ1v) is 6.02. The molecule has 0 aliphatic rings. The molecule has 0 spiro atoms. The van der Waals surface area contributed by atoms with E-state index in [1.54, 1.807) is 23.1 Å². The van der Waals surface area contributed by atoms with Crippen molar-refractivity contribution in [2.75, 3.05) is 12.3 Å². The highest BCUT2D eigenvalue weighted by Crippen LogP contribution is 2.23.